The van der Waals surface area contributed by atoms with Crippen LogP contribution in [0.5, 0.6) is 0 Å². The van der Waals surface area contributed by atoms with E-state index < -0.39 is 0 Å². The molecule has 1 amide bonds. The van der Waals surface area contributed by atoms with Gasteiger partial charge in [0.15, 0.2) is 0 Å². The second kappa shape index (κ2) is 5.51. The maximum Gasteiger partial charge on any atom is 0.229 e. The molecule has 0 N–H and O–H groups in total. The molecule has 0 aliphatic carbocycles. The highest BCUT2D eigenvalue weighted by molar-refractivity contribution is 5.96. The van der Waals surface area contributed by atoms with E-state index in [4.69, 9.17) is 0 Å². The minimum Gasteiger partial charge on any atom is -0.309 e. The molecule has 0 aromatic heterocycles. The number of para-hydroxylation sites is 1. The highest BCUT2D eigenvalue weighted by Gasteiger charge is 2.28. The Kier molecular flexibility index (Phi) is 4.00. The Bertz CT molecular complexity index is 444. The summed E-state index contributed by atoms with van der Waals surface area (Å²) in [7, 11) is 0. The smallest absolute Gasteiger partial charge is 0.229 e. The van der Waals surface area contributed by atoms with Crippen molar-refractivity contribution >= 4 is 11.6 Å². The molecule has 1 atom stereocenters. The lowest BCUT2D eigenvalue weighted by Gasteiger charge is -2.31. The van der Waals surface area contributed by atoms with Crippen molar-refractivity contribution in [1.82, 2.24) is 0 Å². The number of carbonyl (C=O) groups is 1. The number of anilines is 1. The summed E-state index contributed by atoms with van der Waals surface area (Å²) in [5.41, 5.74) is 1.47. The fourth-order valence-corrected chi connectivity index (χ4v) is 2.65. The first kappa shape index (κ1) is 13.1. The molecule has 18 heavy (non-hydrogen) atoms. The molecule has 1 aromatic rings. The number of rotatable bonds is 3. The van der Waals surface area contributed by atoms with Gasteiger partial charge in [-0.25, -0.2) is 4.39 Å². The average Bonchev–Trinajstić information content (AvgIpc) is 2.38. The van der Waals surface area contributed by atoms with Crippen LogP contribution in [0.25, 0.3) is 0 Å². The van der Waals surface area contributed by atoms with Crippen molar-refractivity contribution < 1.29 is 9.18 Å². The Hall–Kier alpha value is -1.38. The van der Waals surface area contributed by atoms with Gasteiger partial charge in [0.25, 0.3) is 0 Å². The molecule has 1 aromatic carbocycles. The van der Waals surface area contributed by atoms with Crippen LogP contribution in [0.1, 0.15) is 38.7 Å². The normalized spacial score (nSPS) is 16.3. The van der Waals surface area contributed by atoms with Crippen LogP contribution < -0.4 is 4.90 Å². The van der Waals surface area contributed by atoms with Crippen LogP contribution in [0.2, 0.25) is 0 Å². The molecule has 0 bridgehead atoms. The molecular weight excluding hydrogens is 229 g/mol. The average molecular weight is 249 g/mol. The molecule has 1 unspecified atom stereocenters. The molecule has 1 aliphatic heterocycles. The number of aryl methyl sites for hydroxylation is 1. The number of carbonyl (C=O) groups excluding carboxylic acids is 1. The van der Waals surface area contributed by atoms with Crippen LogP contribution in [0.3, 0.4) is 0 Å². The summed E-state index contributed by atoms with van der Waals surface area (Å²) in [6, 6.07) is 5.08. The van der Waals surface area contributed by atoms with E-state index in [0.717, 1.165) is 31.2 Å². The first-order valence-electron chi connectivity index (χ1n) is 6.74. The van der Waals surface area contributed by atoms with Crippen LogP contribution in [-0.4, -0.2) is 12.5 Å². The van der Waals surface area contributed by atoms with Crippen molar-refractivity contribution in [2.45, 2.75) is 39.5 Å². The number of benzene rings is 1. The summed E-state index contributed by atoms with van der Waals surface area (Å²) in [4.78, 5) is 14.0. The highest BCUT2D eigenvalue weighted by Crippen LogP contribution is 2.31. The Morgan fingerprint density at radius 3 is 3.00 bits per heavy atom. The Morgan fingerprint density at radius 1 is 1.50 bits per heavy atom. The first-order valence-corrected chi connectivity index (χ1v) is 6.74. The van der Waals surface area contributed by atoms with E-state index >= 15 is 0 Å². The number of fused-ring (bicyclic) bond motifs is 1. The van der Waals surface area contributed by atoms with Crippen molar-refractivity contribution in [2.75, 3.05) is 11.4 Å². The van der Waals surface area contributed by atoms with E-state index in [1.54, 1.807) is 11.0 Å². The van der Waals surface area contributed by atoms with E-state index in [1.807, 2.05) is 13.0 Å². The molecule has 0 saturated heterocycles. The molecular formula is C15H20FNO. The quantitative estimate of drug-likeness (QED) is 0.802. The van der Waals surface area contributed by atoms with Gasteiger partial charge in [-0.2, -0.15) is 0 Å². The number of amides is 1. The molecule has 0 fully saturated rings. The van der Waals surface area contributed by atoms with Crippen LogP contribution in [0.15, 0.2) is 18.2 Å². The topological polar surface area (TPSA) is 20.3 Å². The summed E-state index contributed by atoms with van der Waals surface area (Å²) >= 11 is 0. The van der Waals surface area contributed by atoms with Crippen molar-refractivity contribution in [2.24, 2.45) is 5.92 Å². The SMILES string of the molecule is CCCC(C)C(=O)N1CCCc2cccc(F)c21. The molecule has 1 heterocycles. The second-order valence-electron chi connectivity index (χ2n) is 5.03. The van der Waals surface area contributed by atoms with Crippen molar-refractivity contribution in [3.05, 3.63) is 29.6 Å². The van der Waals surface area contributed by atoms with Gasteiger partial charge in [0, 0.05) is 12.5 Å². The minimum atomic E-state index is -0.274. The van der Waals surface area contributed by atoms with Gasteiger partial charge in [-0.1, -0.05) is 32.4 Å². The number of hydrogen-bond donors (Lipinski definition) is 0. The lowest BCUT2D eigenvalue weighted by atomic mass is 9.98. The van der Waals surface area contributed by atoms with Gasteiger partial charge < -0.3 is 4.90 Å². The van der Waals surface area contributed by atoms with Gasteiger partial charge >= 0.3 is 0 Å². The summed E-state index contributed by atoms with van der Waals surface area (Å²) in [6.07, 6.45) is 3.62. The van der Waals surface area contributed by atoms with E-state index in [9.17, 15) is 9.18 Å². The zero-order valence-electron chi connectivity index (χ0n) is 11.1. The molecule has 98 valence electrons. The molecule has 0 saturated carbocycles. The fourth-order valence-electron chi connectivity index (χ4n) is 2.65. The largest absolute Gasteiger partial charge is 0.309 e. The van der Waals surface area contributed by atoms with Gasteiger partial charge in [0.2, 0.25) is 5.91 Å². The van der Waals surface area contributed by atoms with Gasteiger partial charge in [-0.15, -0.1) is 0 Å². The highest BCUT2D eigenvalue weighted by atomic mass is 19.1. The molecule has 0 radical (unpaired) electrons. The van der Waals surface area contributed by atoms with Crippen LogP contribution in [-0.2, 0) is 11.2 Å². The van der Waals surface area contributed by atoms with E-state index in [2.05, 4.69) is 6.92 Å². The lowest BCUT2D eigenvalue weighted by molar-refractivity contribution is -0.122. The zero-order chi connectivity index (χ0) is 13.1. The number of hydrogen-bond acceptors (Lipinski definition) is 1. The monoisotopic (exact) mass is 249 g/mol. The van der Waals surface area contributed by atoms with Gasteiger partial charge in [0.05, 0.1) is 5.69 Å². The molecule has 2 rings (SSSR count). The molecule has 0 spiro atoms. The third-order valence-electron chi connectivity index (χ3n) is 3.58. The van der Waals surface area contributed by atoms with Crippen LogP contribution >= 0.6 is 0 Å². The standard InChI is InChI=1S/C15H20FNO/c1-3-6-11(2)15(18)17-10-5-8-12-7-4-9-13(16)14(12)17/h4,7,9,11H,3,5-6,8,10H2,1-2H3. The Morgan fingerprint density at radius 2 is 2.28 bits per heavy atom. The third kappa shape index (κ3) is 2.40. The van der Waals surface area contributed by atoms with Crippen molar-refractivity contribution in [3.8, 4) is 0 Å². The minimum absolute atomic E-state index is 0.0273. The van der Waals surface area contributed by atoms with E-state index in [1.165, 1.54) is 6.07 Å². The van der Waals surface area contributed by atoms with Crippen LogP contribution in [0.4, 0.5) is 10.1 Å². The molecule has 3 heteroatoms. The predicted molar refractivity (Wildman–Crippen MR) is 71.1 cm³/mol. The van der Waals surface area contributed by atoms with E-state index in [-0.39, 0.29) is 17.6 Å². The van der Waals surface area contributed by atoms with Gasteiger partial charge in [-0.05, 0) is 30.9 Å². The number of nitrogens with zero attached hydrogens (tertiary/aromatic N) is 1. The predicted octanol–water partition coefficient (Wildman–Crippen LogP) is 3.54. The van der Waals surface area contributed by atoms with E-state index in [0.29, 0.717) is 12.2 Å². The van der Waals surface area contributed by atoms with Crippen molar-refractivity contribution in [3.63, 3.8) is 0 Å². The van der Waals surface area contributed by atoms with Gasteiger partial charge in [-0.3, -0.25) is 4.79 Å². The maximum absolute atomic E-state index is 13.9. The Labute approximate surface area is 108 Å². The lowest BCUT2D eigenvalue weighted by Crippen LogP contribution is -2.39. The maximum atomic E-state index is 13.9. The summed E-state index contributed by atoms with van der Waals surface area (Å²) in [5.74, 6) is -0.243. The van der Waals surface area contributed by atoms with Crippen molar-refractivity contribution in [1.29, 1.82) is 0 Å². The Balaban J connectivity index is 2.30. The van der Waals surface area contributed by atoms with Crippen LogP contribution in [0, 0.1) is 11.7 Å². The summed E-state index contributed by atoms with van der Waals surface area (Å²) in [6.45, 7) is 4.64. The second-order valence-corrected chi connectivity index (χ2v) is 5.03. The molecule has 1 aliphatic rings. The zero-order valence-corrected chi connectivity index (χ0v) is 11.1. The summed E-state index contributed by atoms with van der Waals surface area (Å²) < 4.78 is 13.9. The fraction of sp³-hybridized carbons (Fsp3) is 0.533. The molecule has 2 nitrogen and oxygen atoms in total. The summed E-state index contributed by atoms with van der Waals surface area (Å²) in [5, 5.41) is 0. The third-order valence-corrected chi connectivity index (χ3v) is 3.58. The van der Waals surface area contributed by atoms with Gasteiger partial charge in [0.1, 0.15) is 5.82 Å². The number of halogens is 1. The first-order chi connectivity index (χ1) is 8.65.